The zero-order valence-electron chi connectivity index (χ0n) is 10.9. The molecular formula is C13H21ClN2O. The molecule has 1 atom stereocenters. The topological polar surface area (TPSA) is 47.3 Å². The van der Waals surface area contributed by atoms with E-state index in [0.717, 1.165) is 5.56 Å². The first kappa shape index (κ1) is 14.3. The van der Waals surface area contributed by atoms with Crippen LogP contribution in [-0.4, -0.2) is 19.2 Å². The summed E-state index contributed by atoms with van der Waals surface area (Å²) in [5, 5.41) is 3.80. The highest BCUT2D eigenvalue weighted by Gasteiger charge is 2.26. The van der Waals surface area contributed by atoms with Crippen molar-refractivity contribution in [1.29, 1.82) is 0 Å². The van der Waals surface area contributed by atoms with Crippen LogP contribution in [0.2, 0.25) is 5.02 Å². The van der Waals surface area contributed by atoms with E-state index in [1.165, 1.54) is 0 Å². The average molecular weight is 257 g/mol. The van der Waals surface area contributed by atoms with Crippen molar-refractivity contribution in [2.75, 3.05) is 13.7 Å². The fourth-order valence-corrected chi connectivity index (χ4v) is 1.80. The van der Waals surface area contributed by atoms with Crippen molar-refractivity contribution in [3.05, 3.63) is 28.8 Å². The van der Waals surface area contributed by atoms with Gasteiger partial charge in [0.1, 0.15) is 5.75 Å². The Labute approximate surface area is 108 Å². The van der Waals surface area contributed by atoms with Crippen LogP contribution in [0.3, 0.4) is 0 Å². The van der Waals surface area contributed by atoms with Crippen molar-refractivity contribution < 1.29 is 4.74 Å². The minimum atomic E-state index is -0.184. The molecule has 1 unspecified atom stereocenters. The number of nitrogens with two attached hydrogens (primary N) is 1. The van der Waals surface area contributed by atoms with Gasteiger partial charge in [0, 0.05) is 11.6 Å². The second-order valence-corrected chi connectivity index (χ2v) is 4.98. The van der Waals surface area contributed by atoms with E-state index in [-0.39, 0.29) is 11.6 Å². The fraction of sp³-hybridized carbons (Fsp3) is 0.538. The number of hydrogen-bond acceptors (Lipinski definition) is 3. The molecule has 1 aromatic rings. The Morgan fingerprint density at radius 2 is 2.12 bits per heavy atom. The van der Waals surface area contributed by atoms with E-state index >= 15 is 0 Å². The molecule has 3 N–H and O–H groups in total. The van der Waals surface area contributed by atoms with E-state index in [1.807, 2.05) is 32.2 Å². The molecule has 0 bridgehead atoms. The molecule has 17 heavy (non-hydrogen) atoms. The normalized spacial score (nSPS) is 13.5. The first-order valence-corrected chi connectivity index (χ1v) is 6.17. The van der Waals surface area contributed by atoms with Crippen LogP contribution >= 0.6 is 11.6 Å². The lowest BCUT2D eigenvalue weighted by Gasteiger charge is -2.31. The van der Waals surface area contributed by atoms with Gasteiger partial charge in [-0.1, -0.05) is 17.7 Å². The van der Waals surface area contributed by atoms with Gasteiger partial charge in [-0.15, -0.1) is 0 Å². The number of hydrogen-bond donors (Lipinski definition) is 2. The molecule has 1 rings (SSSR count). The predicted molar refractivity (Wildman–Crippen MR) is 72.7 cm³/mol. The summed E-state index contributed by atoms with van der Waals surface area (Å²) in [6, 6.07) is 5.57. The Morgan fingerprint density at radius 1 is 1.47 bits per heavy atom. The summed E-state index contributed by atoms with van der Waals surface area (Å²) in [6.45, 7) is 6.65. The highest BCUT2D eigenvalue weighted by Crippen LogP contribution is 2.30. The van der Waals surface area contributed by atoms with Gasteiger partial charge in [0.05, 0.1) is 11.6 Å². The average Bonchev–Trinajstić information content (AvgIpc) is 2.31. The standard InChI is InChI=1S/C13H21ClN2O/c1-5-17-11-7-6-9(8-10(11)14)12(15)13(2,3)16-4/h6-8,12,16H,5,15H2,1-4H3. The van der Waals surface area contributed by atoms with E-state index in [2.05, 4.69) is 19.2 Å². The van der Waals surface area contributed by atoms with Gasteiger partial charge in [-0.25, -0.2) is 0 Å². The van der Waals surface area contributed by atoms with E-state index in [0.29, 0.717) is 17.4 Å². The highest BCUT2D eigenvalue weighted by molar-refractivity contribution is 6.32. The van der Waals surface area contributed by atoms with Gasteiger partial charge in [0.2, 0.25) is 0 Å². The quantitative estimate of drug-likeness (QED) is 0.852. The van der Waals surface area contributed by atoms with Crippen LogP contribution in [0.1, 0.15) is 32.4 Å². The second-order valence-electron chi connectivity index (χ2n) is 4.57. The lowest BCUT2D eigenvalue weighted by molar-refractivity contribution is 0.337. The maximum absolute atomic E-state index is 6.21. The lowest BCUT2D eigenvalue weighted by atomic mass is 9.89. The van der Waals surface area contributed by atoms with Crippen molar-refractivity contribution in [3.63, 3.8) is 0 Å². The first-order valence-electron chi connectivity index (χ1n) is 5.79. The number of halogens is 1. The molecule has 0 radical (unpaired) electrons. The van der Waals surface area contributed by atoms with Gasteiger partial charge >= 0.3 is 0 Å². The molecule has 96 valence electrons. The van der Waals surface area contributed by atoms with E-state index in [4.69, 9.17) is 22.1 Å². The van der Waals surface area contributed by atoms with Crippen molar-refractivity contribution in [2.45, 2.75) is 32.4 Å². The lowest BCUT2D eigenvalue weighted by Crippen LogP contribution is -2.46. The van der Waals surface area contributed by atoms with Crippen LogP contribution in [-0.2, 0) is 0 Å². The Morgan fingerprint density at radius 3 is 2.59 bits per heavy atom. The number of rotatable bonds is 5. The first-order chi connectivity index (χ1) is 7.92. The van der Waals surface area contributed by atoms with Gasteiger partial charge in [-0.05, 0) is 45.5 Å². The van der Waals surface area contributed by atoms with Crippen molar-refractivity contribution in [2.24, 2.45) is 5.73 Å². The van der Waals surface area contributed by atoms with Gasteiger partial charge in [0.15, 0.2) is 0 Å². The van der Waals surface area contributed by atoms with Gasteiger partial charge in [-0.2, -0.15) is 0 Å². The maximum atomic E-state index is 6.21. The summed E-state index contributed by atoms with van der Waals surface area (Å²) in [4.78, 5) is 0. The van der Waals surface area contributed by atoms with Crippen LogP contribution in [0.25, 0.3) is 0 Å². The monoisotopic (exact) mass is 256 g/mol. The van der Waals surface area contributed by atoms with Crippen molar-refractivity contribution >= 4 is 11.6 Å². The maximum Gasteiger partial charge on any atom is 0.137 e. The Hall–Kier alpha value is -0.770. The Balaban J connectivity index is 2.97. The largest absolute Gasteiger partial charge is 0.492 e. The third kappa shape index (κ3) is 3.35. The molecule has 0 aliphatic rings. The smallest absolute Gasteiger partial charge is 0.137 e. The molecule has 0 fully saturated rings. The Bertz CT molecular complexity index is 380. The van der Waals surface area contributed by atoms with E-state index in [9.17, 15) is 0 Å². The third-order valence-corrected chi connectivity index (χ3v) is 3.33. The minimum Gasteiger partial charge on any atom is -0.492 e. The summed E-state index contributed by atoms with van der Waals surface area (Å²) in [5.41, 5.74) is 7.03. The summed E-state index contributed by atoms with van der Waals surface area (Å²) in [7, 11) is 1.90. The summed E-state index contributed by atoms with van der Waals surface area (Å²) < 4.78 is 5.39. The van der Waals surface area contributed by atoms with Crippen LogP contribution in [0.15, 0.2) is 18.2 Å². The molecule has 0 spiro atoms. The van der Waals surface area contributed by atoms with E-state index in [1.54, 1.807) is 0 Å². The van der Waals surface area contributed by atoms with Crippen LogP contribution in [0.4, 0.5) is 0 Å². The molecule has 0 saturated carbocycles. The summed E-state index contributed by atoms with van der Waals surface area (Å²) >= 11 is 6.14. The van der Waals surface area contributed by atoms with Gasteiger partial charge in [-0.3, -0.25) is 0 Å². The van der Waals surface area contributed by atoms with Crippen LogP contribution < -0.4 is 15.8 Å². The number of benzene rings is 1. The second kappa shape index (κ2) is 5.71. The van der Waals surface area contributed by atoms with E-state index < -0.39 is 0 Å². The van der Waals surface area contributed by atoms with Gasteiger partial charge < -0.3 is 15.8 Å². The number of nitrogens with one attached hydrogen (secondary N) is 1. The number of ether oxygens (including phenoxy) is 1. The molecule has 0 aromatic heterocycles. The molecule has 1 aromatic carbocycles. The Kier molecular flexibility index (Phi) is 4.80. The number of likely N-dealkylation sites (N-methyl/N-ethyl adjacent to an activating group) is 1. The molecule has 0 aliphatic heterocycles. The molecule has 0 amide bonds. The van der Waals surface area contributed by atoms with Crippen LogP contribution in [0, 0.1) is 0 Å². The zero-order chi connectivity index (χ0) is 13.1. The molecular weight excluding hydrogens is 236 g/mol. The molecule has 0 heterocycles. The van der Waals surface area contributed by atoms with Crippen molar-refractivity contribution in [1.82, 2.24) is 5.32 Å². The summed E-state index contributed by atoms with van der Waals surface area (Å²) in [5.74, 6) is 0.701. The third-order valence-electron chi connectivity index (χ3n) is 3.04. The fourth-order valence-electron chi connectivity index (χ4n) is 1.56. The van der Waals surface area contributed by atoms with Crippen LogP contribution in [0.5, 0.6) is 5.75 Å². The predicted octanol–water partition coefficient (Wildman–Crippen LogP) is 2.74. The molecule has 4 heteroatoms. The van der Waals surface area contributed by atoms with Gasteiger partial charge in [0.25, 0.3) is 0 Å². The SMILES string of the molecule is CCOc1ccc(C(N)C(C)(C)NC)cc1Cl. The minimum absolute atomic E-state index is 0.124. The highest BCUT2D eigenvalue weighted by atomic mass is 35.5. The summed E-state index contributed by atoms with van der Waals surface area (Å²) in [6.07, 6.45) is 0. The molecule has 0 aliphatic carbocycles. The molecule has 0 saturated heterocycles. The van der Waals surface area contributed by atoms with Crippen molar-refractivity contribution in [3.8, 4) is 5.75 Å². The molecule has 3 nitrogen and oxygen atoms in total. The zero-order valence-corrected chi connectivity index (χ0v) is 11.6.